The molecule has 0 spiro atoms. The number of esters is 1. The van der Waals surface area contributed by atoms with Crippen molar-refractivity contribution in [2.45, 2.75) is 193 Å². The first-order chi connectivity index (χ1) is 27.9. The van der Waals surface area contributed by atoms with Crippen LogP contribution in [0.25, 0.3) is 0 Å². The fraction of sp³-hybridized carbons (Fsp3) is 0.729. The molecule has 330 valence electrons. The van der Waals surface area contributed by atoms with Gasteiger partial charge in [0.1, 0.15) is 6.10 Å². The van der Waals surface area contributed by atoms with E-state index in [0.29, 0.717) is 13.0 Å². The Morgan fingerprint density at radius 2 is 0.947 bits per heavy atom. The van der Waals surface area contributed by atoms with Gasteiger partial charge in [-0.1, -0.05) is 202 Å². The lowest BCUT2D eigenvalue weighted by atomic mass is 10.0. The standard InChI is InChI=1S/C48H86NO7P/c1-3-5-7-9-11-13-15-17-19-21-23-25-27-29-31-33-35-37-39-41-48(50)56-47(46-55-57(51,52)54-44-42-49)45-53-43-40-38-36-34-32-30-28-26-24-22-20-18-16-14-12-10-8-6-4-2/h5,7,11,13,17,19,23,25,29,31,35,37,47H,3-4,6,8-10,12,14-16,18,20-22,24,26-28,30,32-34,36,38-46,49H2,1-2H3,(H,51,52)/b7-5-,13-11-,19-17-,25-23-,31-29-,37-35-. The Morgan fingerprint density at radius 3 is 1.37 bits per heavy atom. The Kier molecular flexibility index (Phi) is 43.4. The molecule has 0 heterocycles. The molecule has 57 heavy (non-hydrogen) atoms. The van der Waals surface area contributed by atoms with Crippen LogP contribution in [0, 0.1) is 0 Å². The van der Waals surface area contributed by atoms with Crippen LogP contribution >= 0.6 is 7.82 Å². The van der Waals surface area contributed by atoms with Crippen LogP contribution in [0.1, 0.15) is 187 Å². The summed E-state index contributed by atoms with van der Waals surface area (Å²) < 4.78 is 33.4. The van der Waals surface area contributed by atoms with Gasteiger partial charge in [-0.05, 0) is 51.4 Å². The average molecular weight is 820 g/mol. The van der Waals surface area contributed by atoms with E-state index in [1.807, 2.05) is 12.2 Å². The lowest BCUT2D eigenvalue weighted by Crippen LogP contribution is -2.28. The highest BCUT2D eigenvalue weighted by Crippen LogP contribution is 2.43. The van der Waals surface area contributed by atoms with E-state index in [-0.39, 0.29) is 32.8 Å². The maximum atomic E-state index is 12.6. The summed E-state index contributed by atoms with van der Waals surface area (Å²) in [5.74, 6) is -0.411. The van der Waals surface area contributed by atoms with Gasteiger partial charge in [-0.25, -0.2) is 4.57 Å². The molecule has 2 unspecified atom stereocenters. The van der Waals surface area contributed by atoms with Crippen LogP contribution in [-0.4, -0.2) is 49.9 Å². The minimum absolute atomic E-state index is 0.0849. The molecule has 0 fully saturated rings. The van der Waals surface area contributed by atoms with Crippen molar-refractivity contribution in [1.29, 1.82) is 0 Å². The van der Waals surface area contributed by atoms with Gasteiger partial charge in [-0.2, -0.15) is 0 Å². The molecule has 0 aliphatic carbocycles. The monoisotopic (exact) mass is 820 g/mol. The van der Waals surface area contributed by atoms with Gasteiger partial charge in [-0.3, -0.25) is 13.8 Å². The van der Waals surface area contributed by atoms with Crippen LogP contribution in [0.3, 0.4) is 0 Å². The molecule has 0 aromatic heterocycles. The van der Waals surface area contributed by atoms with E-state index in [0.717, 1.165) is 51.4 Å². The number of phosphoric acid groups is 1. The van der Waals surface area contributed by atoms with E-state index in [1.54, 1.807) is 0 Å². The number of hydrogen-bond acceptors (Lipinski definition) is 7. The highest BCUT2D eigenvalue weighted by molar-refractivity contribution is 7.47. The SMILES string of the molecule is CC/C=C\C/C=C\C/C=C\C/C=C\C/C=C\C/C=C\CCC(=O)OC(COCCCCCCCCCCCCCCCCCCCCC)COP(=O)(O)OCCN. The highest BCUT2D eigenvalue weighted by atomic mass is 31.2. The second-order valence-corrected chi connectivity index (χ2v) is 16.3. The second-order valence-electron chi connectivity index (χ2n) is 14.9. The fourth-order valence-electron chi connectivity index (χ4n) is 6.08. The van der Waals surface area contributed by atoms with Crippen molar-refractivity contribution in [3.63, 3.8) is 0 Å². The molecule has 0 bridgehead atoms. The quantitative estimate of drug-likeness (QED) is 0.0270. The number of carbonyl (C=O) groups excluding carboxylic acids is 1. The van der Waals surface area contributed by atoms with Crippen molar-refractivity contribution >= 4 is 13.8 Å². The number of allylic oxidation sites excluding steroid dienone is 12. The summed E-state index contributed by atoms with van der Waals surface area (Å²) in [5, 5.41) is 0. The number of ether oxygens (including phenoxy) is 2. The molecule has 8 nitrogen and oxygen atoms in total. The Morgan fingerprint density at radius 1 is 0.544 bits per heavy atom. The Labute approximate surface area is 350 Å². The third-order valence-corrected chi connectivity index (χ3v) is 10.4. The summed E-state index contributed by atoms with van der Waals surface area (Å²) >= 11 is 0. The number of hydrogen-bond donors (Lipinski definition) is 2. The molecule has 0 aliphatic rings. The van der Waals surface area contributed by atoms with Gasteiger partial charge in [0.2, 0.25) is 0 Å². The van der Waals surface area contributed by atoms with Crippen LogP contribution in [0.5, 0.6) is 0 Å². The molecule has 0 amide bonds. The first-order valence-corrected chi connectivity index (χ1v) is 24.4. The predicted octanol–water partition coefficient (Wildman–Crippen LogP) is 13.9. The lowest BCUT2D eigenvalue weighted by Gasteiger charge is -2.20. The first kappa shape index (κ1) is 54.9. The summed E-state index contributed by atoms with van der Waals surface area (Å²) in [6.07, 6.45) is 56.6. The Balaban J connectivity index is 4.12. The van der Waals surface area contributed by atoms with Crippen molar-refractivity contribution < 1.29 is 32.8 Å². The summed E-state index contributed by atoms with van der Waals surface area (Å²) in [6.45, 7) is 4.72. The second kappa shape index (κ2) is 45.0. The smallest absolute Gasteiger partial charge is 0.457 e. The van der Waals surface area contributed by atoms with E-state index in [4.69, 9.17) is 24.3 Å². The maximum absolute atomic E-state index is 12.6. The average Bonchev–Trinajstić information content (AvgIpc) is 3.20. The predicted molar refractivity (Wildman–Crippen MR) is 242 cm³/mol. The van der Waals surface area contributed by atoms with Gasteiger partial charge in [0, 0.05) is 19.6 Å². The third kappa shape index (κ3) is 44.9. The first-order valence-electron chi connectivity index (χ1n) is 22.9. The Hall–Kier alpha value is -2.06. The van der Waals surface area contributed by atoms with Crippen LogP contribution in [0.2, 0.25) is 0 Å². The highest BCUT2D eigenvalue weighted by Gasteiger charge is 2.25. The van der Waals surface area contributed by atoms with Crippen molar-refractivity contribution in [2.75, 3.05) is 33.0 Å². The zero-order valence-corrected chi connectivity index (χ0v) is 37.4. The summed E-state index contributed by atoms with van der Waals surface area (Å²) in [7, 11) is -4.30. The molecule has 9 heteroatoms. The number of rotatable bonds is 43. The zero-order valence-electron chi connectivity index (χ0n) is 36.6. The van der Waals surface area contributed by atoms with E-state index in [1.165, 1.54) is 109 Å². The van der Waals surface area contributed by atoms with Crippen LogP contribution < -0.4 is 5.73 Å². The van der Waals surface area contributed by atoms with Crippen molar-refractivity contribution in [3.05, 3.63) is 72.9 Å². The van der Waals surface area contributed by atoms with Crippen LogP contribution in [-0.2, 0) is 27.9 Å². The molecule has 0 saturated heterocycles. The zero-order chi connectivity index (χ0) is 41.6. The molecule has 0 radical (unpaired) electrons. The van der Waals surface area contributed by atoms with Gasteiger partial charge < -0.3 is 20.1 Å². The largest absolute Gasteiger partial charge is 0.472 e. The third-order valence-electron chi connectivity index (χ3n) is 9.40. The molecule has 0 saturated carbocycles. The number of carbonyl (C=O) groups is 1. The summed E-state index contributed by atoms with van der Waals surface area (Å²) in [5.41, 5.74) is 5.37. The van der Waals surface area contributed by atoms with Crippen LogP contribution in [0.15, 0.2) is 72.9 Å². The van der Waals surface area contributed by atoms with Crippen molar-refractivity contribution in [2.24, 2.45) is 5.73 Å². The lowest BCUT2D eigenvalue weighted by molar-refractivity contribution is -0.154. The van der Waals surface area contributed by atoms with Gasteiger partial charge >= 0.3 is 13.8 Å². The number of phosphoric ester groups is 1. The summed E-state index contributed by atoms with van der Waals surface area (Å²) in [6, 6.07) is 0. The molecular weight excluding hydrogens is 734 g/mol. The van der Waals surface area contributed by atoms with Crippen molar-refractivity contribution in [1.82, 2.24) is 0 Å². The van der Waals surface area contributed by atoms with E-state index in [2.05, 4.69) is 74.6 Å². The van der Waals surface area contributed by atoms with Gasteiger partial charge in [-0.15, -0.1) is 0 Å². The maximum Gasteiger partial charge on any atom is 0.472 e. The minimum atomic E-state index is -4.30. The van der Waals surface area contributed by atoms with E-state index < -0.39 is 19.9 Å². The van der Waals surface area contributed by atoms with Gasteiger partial charge in [0.05, 0.1) is 19.8 Å². The van der Waals surface area contributed by atoms with Gasteiger partial charge in [0.25, 0.3) is 0 Å². The molecular formula is C48H86NO7P. The van der Waals surface area contributed by atoms with Gasteiger partial charge in [0.15, 0.2) is 0 Å². The summed E-state index contributed by atoms with van der Waals surface area (Å²) in [4.78, 5) is 22.5. The topological polar surface area (TPSA) is 117 Å². The molecule has 3 N–H and O–H groups in total. The van der Waals surface area contributed by atoms with Crippen molar-refractivity contribution in [3.8, 4) is 0 Å². The number of unbranched alkanes of at least 4 members (excludes halogenated alkanes) is 18. The van der Waals surface area contributed by atoms with E-state index in [9.17, 15) is 14.3 Å². The Bertz CT molecular complexity index is 1100. The molecule has 0 aromatic rings. The fourth-order valence-corrected chi connectivity index (χ4v) is 6.85. The van der Waals surface area contributed by atoms with E-state index >= 15 is 0 Å². The molecule has 0 aliphatic heterocycles. The molecule has 2 atom stereocenters. The number of nitrogens with two attached hydrogens (primary N) is 1. The molecule has 0 rings (SSSR count). The van der Waals surface area contributed by atoms with Crippen LogP contribution in [0.4, 0.5) is 0 Å². The minimum Gasteiger partial charge on any atom is -0.457 e. The molecule has 0 aromatic carbocycles. The normalized spacial score (nSPS) is 14.1.